The predicted octanol–water partition coefficient (Wildman–Crippen LogP) is -0.173. The van der Waals surface area contributed by atoms with Crippen LogP contribution in [0.4, 0.5) is 0 Å². The van der Waals surface area contributed by atoms with Gasteiger partial charge >= 0.3 is 0 Å². The lowest BCUT2D eigenvalue weighted by molar-refractivity contribution is -0.711. The molecule has 1 N–H and O–H groups in total. The molecule has 2 amide bonds. The van der Waals surface area contributed by atoms with Crippen LogP contribution in [0, 0.1) is 5.21 Å². The van der Waals surface area contributed by atoms with Gasteiger partial charge in [0.2, 0.25) is 17.1 Å². The zero-order chi connectivity index (χ0) is 16.5. The molecule has 10 heteroatoms. The van der Waals surface area contributed by atoms with Gasteiger partial charge in [0, 0.05) is 20.0 Å². The normalized spacial score (nSPS) is 17.1. The summed E-state index contributed by atoms with van der Waals surface area (Å²) in [4.78, 5) is 30.2. The lowest BCUT2D eigenvalue weighted by Crippen LogP contribution is -2.55. The minimum absolute atomic E-state index is 0.106. The van der Waals surface area contributed by atoms with E-state index in [1.165, 1.54) is 19.0 Å². The van der Waals surface area contributed by atoms with Gasteiger partial charge in [0.25, 0.3) is 0 Å². The Morgan fingerprint density at radius 2 is 2.05 bits per heavy atom. The first-order chi connectivity index (χ1) is 10.5. The summed E-state index contributed by atoms with van der Waals surface area (Å²) in [5, 5.41) is 18.9. The SMILES string of the molecule is CON=[N+]([O-])N1CCN(C(=O)[C@H](CCSC)NC(C)=O)CC1. The number of rotatable bonds is 7. The number of thioether (sulfide) groups is 1. The van der Waals surface area contributed by atoms with Crippen molar-refractivity contribution in [3.63, 3.8) is 0 Å². The Bertz CT molecular complexity index is 412. The van der Waals surface area contributed by atoms with Crippen molar-refractivity contribution >= 4 is 23.6 Å². The van der Waals surface area contributed by atoms with Crippen molar-refractivity contribution in [3.05, 3.63) is 5.21 Å². The van der Waals surface area contributed by atoms with E-state index in [0.29, 0.717) is 37.6 Å². The molecule has 1 aliphatic heterocycles. The molecule has 22 heavy (non-hydrogen) atoms. The Kier molecular flexibility index (Phi) is 7.78. The average molecular weight is 333 g/mol. The quantitative estimate of drug-likeness (QED) is 0.394. The molecule has 1 saturated heterocycles. The fourth-order valence-electron chi connectivity index (χ4n) is 2.17. The Morgan fingerprint density at radius 3 is 2.55 bits per heavy atom. The molecule has 1 atom stereocenters. The van der Waals surface area contributed by atoms with Crippen molar-refractivity contribution in [2.75, 3.05) is 45.3 Å². The monoisotopic (exact) mass is 333 g/mol. The topological polar surface area (TPSA) is 100 Å². The maximum absolute atomic E-state index is 12.5. The smallest absolute Gasteiger partial charge is 0.245 e. The third kappa shape index (κ3) is 5.58. The summed E-state index contributed by atoms with van der Waals surface area (Å²) in [5.74, 6) is 0.463. The molecule has 126 valence electrons. The number of amides is 2. The average Bonchev–Trinajstić information content (AvgIpc) is 2.50. The number of nitrogens with one attached hydrogen (secondary N) is 1. The van der Waals surface area contributed by atoms with Gasteiger partial charge in [-0.15, -0.1) is 5.01 Å². The van der Waals surface area contributed by atoms with Crippen molar-refractivity contribution in [1.29, 1.82) is 0 Å². The molecule has 9 nitrogen and oxygen atoms in total. The van der Waals surface area contributed by atoms with Crippen LogP contribution in [-0.2, 0) is 14.4 Å². The second kappa shape index (κ2) is 9.34. The number of hydrogen-bond donors (Lipinski definition) is 1. The maximum Gasteiger partial charge on any atom is 0.245 e. The maximum atomic E-state index is 12.5. The second-order valence-corrected chi connectivity index (χ2v) is 5.82. The third-order valence-electron chi connectivity index (χ3n) is 3.25. The Hall–Kier alpha value is -1.71. The van der Waals surface area contributed by atoms with Crippen molar-refractivity contribution in [2.24, 2.45) is 5.28 Å². The van der Waals surface area contributed by atoms with Crippen LogP contribution in [0.3, 0.4) is 0 Å². The van der Waals surface area contributed by atoms with Gasteiger partial charge in [0.15, 0.2) is 0 Å². The zero-order valence-electron chi connectivity index (χ0n) is 13.2. The van der Waals surface area contributed by atoms with Gasteiger partial charge < -0.3 is 20.3 Å². The summed E-state index contributed by atoms with van der Waals surface area (Å²) in [6.07, 6.45) is 2.54. The number of carbonyl (C=O) groups excluding carboxylic acids is 2. The predicted molar refractivity (Wildman–Crippen MR) is 81.8 cm³/mol. The molecule has 0 bridgehead atoms. The van der Waals surface area contributed by atoms with E-state index in [2.05, 4.69) is 15.4 Å². The van der Waals surface area contributed by atoms with Crippen LogP contribution < -0.4 is 5.32 Å². The third-order valence-corrected chi connectivity index (χ3v) is 3.89. The van der Waals surface area contributed by atoms with Crippen LogP contribution in [0.2, 0.25) is 0 Å². The Morgan fingerprint density at radius 1 is 1.41 bits per heavy atom. The summed E-state index contributed by atoms with van der Waals surface area (Å²) in [6.45, 7) is 2.96. The van der Waals surface area contributed by atoms with E-state index in [1.807, 2.05) is 6.26 Å². The molecular weight excluding hydrogens is 310 g/mol. The number of piperazine rings is 1. The highest BCUT2D eigenvalue weighted by atomic mass is 32.2. The van der Waals surface area contributed by atoms with Gasteiger partial charge in [-0.2, -0.15) is 11.8 Å². The molecule has 0 unspecified atom stereocenters. The number of carbonyl (C=O) groups is 2. The van der Waals surface area contributed by atoms with Crippen molar-refractivity contribution in [1.82, 2.24) is 15.2 Å². The first-order valence-electron chi connectivity index (χ1n) is 7.00. The lowest BCUT2D eigenvalue weighted by Gasteiger charge is -2.33. The van der Waals surface area contributed by atoms with E-state index < -0.39 is 6.04 Å². The molecule has 0 spiro atoms. The number of hydrazine groups is 1. The number of hydrogen-bond acceptors (Lipinski definition) is 6. The van der Waals surface area contributed by atoms with Crippen molar-refractivity contribution in [2.45, 2.75) is 19.4 Å². The van der Waals surface area contributed by atoms with Crippen LogP contribution in [-0.4, -0.2) is 78.0 Å². The highest BCUT2D eigenvalue weighted by Crippen LogP contribution is 2.09. The fraction of sp³-hybridized carbons (Fsp3) is 0.833. The molecule has 0 radical (unpaired) electrons. The first kappa shape index (κ1) is 18.3. The van der Waals surface area contributed by atoms with E-state index in [1.54, 1.807) is 16.7 Å². The molecule has 1 fully saturated rings. The fourth-order valence-corrected chi connectivity index (χ4v) is 2.64. The summed E-state index contributed by atoms with van der Waals surface area (Å²) in [7, 11) is 1.30. The van der Waals surface area contributed by atoms with E-state index in [-0.39, 0.29) is 11.8 Å². The van der Waals surface area contributed by atoms with Gasteiger partial charge in [0.1, 0.15) is 13.2 Å². The molecule has 0 aromatic rings. The minimum atomic E-state index is -0.511. The van der Waals surface area contributed by atoms with Crippen LogP contribution >= 0.6 is 11.8 Å². The second-order valence-electron chi connectivity index (χ2n) is 4.83. The van der Waals surface area contributed by atoms with E-state index in [4.69, 9.17) is 0 Å². The van der Waals surface area contributed by atoms with E-state index in [0.717, 1.165) is 5.75 Å². The summed E-state index contributed by atoms with van der Waals surface area (Å²) in [6, 6.07) is -0.511. The van der Waals surface area contributed by atoms with E-state index in [9.17, 15) is 14.8 Å². The van der Waals surface area contributed by atoms with Gasteiger partial charge in [0.05, 0.1) is 18.1 Å². The molecule has 0 aliphatic carbocycles. The summed E-state index contributed by atoms with van der Waals surface area (Å²) >= 11 is 1.63. The lowest BCUT2D eigenvalue weighted by atomic mass is 10.1. The Labute approximate surface area is 134 Å². The standard InChI is InChI=1S/C12H23N5O4S/c1-10(18)13-11(4-9-22-3)12(19)15-5-7-16(8-6-15)17(20)14-21-2/h11H,4-9H2,1-3H3,(H,13,18)/t11-/m0/s1. The molecular formula is C12H23N5O4S. The largest absolute Gasteiger partial charge is 0.569 e. The molecule has 1 rings (SSSR count). The van der Waals surface area contributed by atoms with Crippen LogP contribution in [0.1, 0.15) is 13.3 Å². The van der Waals surface area contributed by atoms with Gasteiger partial charge in [-0.3, -0.25) is 9.59 Å². The van der Waals surface area contributed by atoms with Gasteiger partial charge in [-0.25, -0.2) is 0 Å². The minimum Gasteiger partial charge on any atom is -0.569 e. The number of nitrogens with zero attached hydrogens (tertiary/aromatic N) is 4. The van der Waals surface area contributed by atoms with Crippen molar-refractivity contribution in [3.8, 4) is 0 Å². The van der Waals surface area contributed by atoms with Gasteiger partial charge in [-0.05, 0) is 18.4 Å². The van der Waals surface area contributed by atoms with Crippen LogP contribution in [0.15, 0.2) is 5.28 Å². The van der Waals surface area contributed by atoms with E-state index >= 15 is 0 Å². The molecule has 0 saturated carbocycles. The molecule has 1 aliphatic rings. The zero-order valence-corrected chi connectivity index (χ0v) is 14.0. The highest BCUT2D eigenvalue weighted by molar-refractivity contribution is 7.98. The molecule has 1 heterocycles. The summed E-state index contributed by atoms with van der Waals surface area (Å²) < 4.78 is 0. The molecule has 0 aromatic carbocycles. The highest BCUT2D eigenvalue weighted by Gasteiger charge is 2.30. The Balaban J connectivity index is 2.57. The van der Waals surface area contributed by atoms with Crippen molar-refractivity contribution < 1.29 is 19.4 Å². The first-order valence-corrected chi connectivity index (χ1v) is 8.40. The van der Waals surface area contributed by atoms with Crippen LogP contribution in [0.25, 0.3) is 0 Å². The molecule has 0 aromatic heterocycles. The summed E-state index contributed by atoms with van der Waals surface area (Å²) in [5.41, 5.74) is 0. The van der Waals surface area contributed by atoms with Gasteiger partial charge in [-0.1, -0.05) is 0 Å². The van der Waals surface area contributed by atoms with Crippen LogP contribution in [0.5, 0.6) is 0 Å².